The third kappa shape index (κ3) is 3.10. The number of benzene rings is 2. The summed E-state index contributed by atoms with van der Waals surface area (Å²) in [6.45, 7) is 6.38. The lowest BCUT2D eigenvalue weighted by Crippen LogP contribution is -2.07. The molecule has 104 valence electrons. The number of ether oxygens (including phenoxy) is 1. The normalized spacial score (nSPS) is 10.4. The predicted octanol–water partition coefficient (Wildman–Crippen LogP) is 4.70. The van der Waals surface area contributed by atoms with Crippen LogP contribution in [-0.2, 0) is 0 Å². The number of halogens is 1. The first kappa shape index (κ1) is 14.8. The monoisotopic (exact) mass is 332 g/mol. The van der Waals surface area contributed by atoms with Crippen LogP contribution in [0.2, 0.25) is 0 Å². The Hall–Kier alpha value is -1.61. The van der Waals surface area contributed by atoms with Crippen LogP contribution in [0.3, 0.4) is 0 Å². The van der Waals surface area contributed by atoms with Gasteiger partial charge in [0, 0.05) is 10.0 Å². The summed E-state index contributed by atoms with van der Waals surface area (Å²) < 4.78 is 6.43. The number of ketones is 1. The highest BCUT2D eigenvalue weighted by atomic mass is 79.9. The Labute approximate surface area is 127 Å². The first-order valence-electron chi connectivity index (χ1n) is 6.57. The van der Waals surface area contributed by atoms with Gasteiger partial charge in [0.2, 0.25) is 0 Å². The maximum Gasteiger partial charge on any atom is 0.197 e. The van der Waals surface area contributed by atoms with Gasteiger partial charge in [-0.2, -0.15) is 0 Å². The molecule has 2 nitrogen and oxygen atoms in total. The Morgan fingerprint density at radius 1 is 1.10 bits per heavy atom. The van der Waals surface area contributed by atoms with Gasteiger partial charge in [-0.3, -0.25) is 4.79 Å². The lowest BCUT2D eigenvalue weighted by molar-refractivity contribution is 0.103. The minimum absolute atomic E-state index is 0.00375. The molecule has 2 aromatic carbocycles. The van der Waals surface area contributed by atoms with Gasteiger partial charge in [0.1, 0.15) is 5.75 Å². The second kappa shape index (κ2) is 6.23. The SMILES string of the molecule is CCOc1ccc(Br)cc1C(=O)c1cc(C)ccc1C. The lowest BCUT2D eigenvalue weighted by atomic mass is 9.97. The van der Waals surface area contributed by atoms with E-state index in [-0.39, 0.29) is 5.78 Å². The number of hydrogen-bond acceptors (Lipinski definition) is 2. The van der Waals surface area contributed by atoms with Gasteiger partial charge < -0.3 is 4.74 Å². The van der Waals surface area contributed by atoms with Crippen LogP contribution < -0.4 is 4.74 Å². The topological polar surface area (TPSA) is 26.3 Å². The van der Waals surface area contributed by atoms with Crippen molar-refractivity contribution < 1.29 is 9.53 Å². The Kier molecular flexibility index (Phi) is 4.61. The van der Waals surface area contributed by atoms with Crippen molar-refractivity contribution in [2.45, 2.75) is 20.8 Å². The molecule has 3 heteroatoms. The predicted molar refractivity (Wildman–Crippen MR) is 84.7 cm³/mol. The molecule has 0 heterocycles. The molecule has 0 bridgehead atoms. The van der Waals surface area contributed by atoms with Gasteiger partial charge in [0.05, 0.1) is 12.2 Å². The van der Waals surface area contributed by atoms with Gasteiger partial charge in [0.15, 0.2) is 5.78 Å². The molecule has 0 saturated heterocycles. The zero-order valence-corrected chi connectivity index (χ0v) is 13.5. The molecule has 2 rings (SSSR count). The largest absolute Gasteiger partial charge is 0.493 e. The van der Waals surface area contributed by atoms with E-state index >= 15 is 0 Å². The highest BCUT2D eigenvalue weighted by Crippen LogP contribution is 2.27. The molecule has 0 saturated carbocycles. The first-order valence-corrected chi connectivity index (χ1v) is 7.36. The molecule has 0 atom stereocenters. The molecule has 0 unspecified atom stereocenters. The van der Waals surface area contributed by atoms with Crippen LogP contribution in [-0.4, -0.2) is 12.4 Å². The number of rotatable bonds is 4. The summed E-state index contributed by atoms with van der Waals surface area (Å²) in [5.74, 6) is 0.623. The molecule has 0 amide bonds. The quantitative estimate of drug-likeness (QED) is 0.759. The van der Waals surface area contributed by atoms with Crippen molar-refractivity contribution >= 4 is 21.7 Å². The van der Waals surface area contributed by atoms with Crippen molar-refractivity contribution in [2.24, 2.45) is 0 Å². The van der Waals surface area contributed by atoms with E-state index in [1.54, 1.807) is 0 Å². The Morgan fingerprint density at radius 2 is 1.85 bits per heavy atom. The molecule has 2 aromatic rings. The molecule has 0 fully saturated rings. The fourth-order valence-electron chi connectivity index (χ4n) is 2.09. The zero-order chi connectivity index (χ0) is 14.7. The average molecular weight is 333 g/mol. The van der Waals surface area contributed by atoms with Crippen LogP contribution in [0.5, 0.6) is 5.75 Å². The van der Waals surface area contributed by atoms with Crippen LogP contribution in [0.15, 0.2) is 40.9 Å². The fraction of sp³-hybridized carbons (Fsp3) is 0.235. The summed E-state index contributed by atoms with van der Waals surface area (Å²) in [6, 6.07) is 11.4. The van der Waals surface area contributed by atoms with E-state index in [1.807, 2.05) is 57.2 Å². The van der Waals surface area contributed by atoms with Crippen molar-refractivity contribution in [1.29, 1.82) is 0 Å². The van der Waals surface area contributed by atoms with Crippen LogP contribution in [0.4, 0.5) is 0 Å². The van der Waals surface area contributed by atoms with E-state index in [9.17, 15) is 4.79 Å². The van der Waals surface area contributed by atoms with E-state index < -0.39 is 0 Å². The Balaban J connectivity index is 2.52. The number of aryl methyl sites for hydroxylation is 2. The average Bonchev–Trinajstić information content (AvgIpc) is 2.43. The summed E-state index contributed by atoms with van der Waals surface area (Å²) in [6.07, 6.45) is 0. The molecule has 0 radical (unpaired) electrons. The summed E-state index contributed by atoms with van der Waals surface area (Å²) >= 11 is 3.41. The summed E-state index contributed by atoms with van der Waals surface area (Å²) in [5.41, 5.74) is 3.37. The van der Waals surface area contributed by atoms with Crippen molar-refractivity contribution in [3.8, 4) is 5.75 Å². The Morgan fingerprint density at radius 3 is 2.55 bits per heavy atom. The minimum Gasteiger partial charge on any atom is -0.493 e. The van der Waals surface area contributed by atoms with E-state index in [0.717, 1.165) is 21.2 Å². The lowest BCUT2D eigenvalue weighted by Gasteiger charge is -2.12. The second-order valence-corrected chi connectivity index (χ2v) is 5.64. The third-order valence-corrected chi connectivity index (χ3v) is 3.62. The zero-order valence-electron chi connectivity index (χ0n) is 11.9. The van der Waals surface area contributed by atoms with Crippen molar-refractivity contribution in [3.05, 3.63) is 63.1 Å². The van der Waals surface area contributed by atoms with E-state index in [0.29, 0.717) is 17.9 Å². The molecular weight excluding hydrogens is 316 g/mol. The molecule has 0 aliphatic carbocycles. The van der Waals surface area contributed by atoms with Gasteiger partial charge in [-0.1, -0.05) is 33.6 Å². The summed E-state index contributed by atoms with van der Waals surface area (Å²) in [7, 11) is 0. The maximum atomic E-state index is 12.8. The van der Waals surface area contributed by atoms with Gasteiger partial charge in [-0.15, -0.1) is 0 Å². The van der Waals surface area contributed by atoms with E-state index in [2.05, 4.69) is 15.9 Å². The molecule has 20 heavy (non-hydrogen) atoms. The fourth-order valence-corrected chi connectivity index (χ4v) is 2.45. The number of carbonyl (C=O) groups is 1. The smallest absolute Gasteiger partial charge is 0.197 e. The van der Waals surface area contributed by atoms with Crippen LogP contribution in [0, 0.1) is 13.8 Å². The standard InChI is InChI=1S/C17H17BrO2/c1-4-20-16-8-7-13(18)10-15(16)17(19)14-9-11(2)5-6-12(14)3/h5-10H,4H2,1-3H3. The molecule has 0 spiro atoms. The van der Waals surface area contributed by atoms with Crippen LogP contribution in [0.1, 0.15) is 34.0 Å². The van der Waals surface area contributed by atoms with Crippen LogP contribution in [0.25, 0.3) is 0 Å². The molecule has 0 aromatic heterocycles. The third-order valence-electron chi connectivity index (χ3n) is 3.12. The Bertz CT molecular complexity index is 647. The highest BCUT2D eigenvalue weighted by Gasteiger charge is 2.17. The van der Waals surface area contributed by atoms with Crippen LogP contribution >= 0.6 is 15.9 Å². The van der Waals surface area contributed by atoms with Gasteiger partial charge >= 0.3 is 0 Å². The van der Waals surface area contributed by atoms with E-state index in [1.165, 1.54) is 0 Å². The van der Waals surface area contributed by atoms with Crippen molar-refractivity contribution in [3.63, 3.8) is 0 Å². The van der Waals surface area contributed by atoms with Crippen molar-refractivity contribution in [2.75, 3.05) is 6.61 Å². The van der Waals surface area contributed by atoms with Crippen molar-refractivity contribution in [1.82, 2.24) is 0 Å². The number of carbonyl (C=O) groups excluding carboxylic acids is 1. The molecule has 0 aliphatic heterocycles. The second-order valence-electron chi connectivity index (χ2n) is 4.72. The minimum atomic E-state index is -0.00375. The number of hydrogen-bond donors (Lipinski definition) is 0. The molecule has 0 aliphatic rings. The first-order chi connectivity index (χ1) is 9.52. The van der Waals surface area contributed by atoms with E-state index in [4.69, 9.17) is 4.74 Å². The van der Waals surface area contributed by atoms with Gasteiger partial charge in [-0.05, 0) is 50.6 Å². The highest BCUT2D eigenvalue weighted by molar-refractivity contribution is 9.10. The summed E-state index contributed by atoms with van der Waals surface area (Å²) in [4.78, 5) is 12.8. The molecule has 0 N–H and O–H groups in total. The molecular formula is C17H17BrO2. The van der Waals surface area contributed by atoms with Gasteiger partial charge in [-0.25, -0.2) is 0 Å². The van der Waals surface area contributed by atoms with Gasteiger partial charge in [0.25, 0.3) is 0 Å². The maximum absolute atomic E-state index is 12.8. The summed E-state index contributed by atoms with van der Waals surface area (Å²) in [5, 5.41) is 0.